The van der Waals surface area contributed by atoms with Gasteiger partial charge in [-0.3, -0.25) is 19.5 Å². The molecule has 0 saturated heterocycles. The summed E-state index contributed by atoms with van der Waals surface area (Å²) in [7, 11) is 0. The van der Waals surface area contributed by atoms with Crippen LogP contribution in [0.2, 0.25) is 5.02 Å². The second-order valence-electron chi connectivity index (χ2n) is 7.30. The number of imidazole rings is 1. The zero-order valence-electron chi connectivity index (χ0n) is 14.8. The Bertz CT molecular complexity index is 952. The van der Waals surface area contributed by atoms with Gasteiger partial charge in [0.1, 0.15) is 0 Å². The molecule has 2 N–H and O–H groups in total. The minimum atomic E-state index is -5.08. The van der Waals surface area contributed by atoms with Crippen LogP contribution in [0.3, 0.4) is 0 Å². The summed E-state index contributed by atoms with van der Waals surface area (Å²) >= 11 is 5.93. The summed E-state index contributed by atoms with van der Waals surface area (Å²) in [4.78, 5) is 28.9. The molecule has 0 radical (unpaired) electrons. The van der Waals surface area contributed by atoms with Gasteiger partial charge in [0.2, 0.25) is 11.9 Å². The van der Waals surface area contributed by atoms with E-state index in [0.29, 0.717) is 16.9 Å². The number of rotatable bonds is 4. The maximum atomic E-state index is 14.2. The monoisotopic (exact) mass is 414 g/mol. The average molecular weight is 415 g/mol. The third-order valence-electron chi connectivity index (χ3n) is 5.49. The van der Waals surface area contributed by atoms with Crippen LogP contribution in [0.25, 0.3) is 11.0 Å². The lowest BCUT2D eigenvalue weighted by molar-refractivity contribution is -0.217. The fraction of sp³-hybridized carbons (Fsp3) is 0.500. The highest BCUT2D eigenvalue weighted by Crippen LogP contribution is 2.44. The molecule has 1 aromatic carbocycles. The van der Waals surface area contributed by atoms with Crippen molar-refractivity contribution in [1.82, 2.24) is 14.9 Å². The fourth-order valence-electron chi connectivity index (χ4n) is 4.10. The highest BCUT2D eigenvalue weighted by atomic mass is 35.5. The maximum absolute atomic E-state index is 14.2. The zero-order chi connectivity index (χ0) is 20.1. The van der Waals surface area contributed by atoms with Crippen LogP contribution in [0.4, 0.5) is 19.1 Å². The number of anilines is 1. The number of nitrogens with zero attached hydrogens (tertiary/aromatic N) is 2. The molecule has 4 rings (SSSR count). The molecular weight excluding hydrogens is 397 g/mol. The van der Waals surface area contributed by atoms with Crippen molar-refractivity contribution < 1.29 is 22.8 Å². The molecule has 0 spiro atoms. The number of hydrogen-bond acceptors (Lipinski definition) is 3. The number of fused-ring (bicyclic) bond motifs is 3. The van der Waals surface area contributed by atoms with E-state index in [0.717, 1.165) is 25.7 Å². The summed E-state index contributed by atoms with van der Waals surface area (Å²) in [5.74, 6) is -2.15. The molecule has 28 heavy (non-hydrogen) atoms. The third kappa shape index (κ3) is 2.92. The van der Waals surface area contributed by atoms with Crippen molar-refractivity contribution in [3.63, 3.8) is 0 Å². The molecule has 1 saturated carbocycles. The first-order valence-electron chi connectivity index (χ1n) is 9.10. The van der Waals surface area contributed by atoms with E-state index in [1.54, 1.807) is 0 Å². The molecule has 10 heteroatoms. The van der Waals surface area contributed by atoms with Gasteiger partial charge in [-0.1, -0.05) is 37.3 Å². The van der Waals surface area contributed by atoms with Crippen molar-refractivity contribution in [2.45, 2.75) is 50.4 Å². The number of carbonyl (C=O) groups excluding carboxylic acids is 2. The smallest absolute Gasteiger partial charge is 0.317 e. The van der Waals surface area contributed by atoms with Crippen LogP contribution < -0.4 is 10.6 Å². The predicted molar refractivity (Wildman–Crippen MR) is 96.7 cm³/mol. The molecule has 1 aromatic heterocycles. The van der Waals surface area contributed by atoms with E-state index in [2.05, 4.69) is 10.3 Å². The van der Waals surface area contributed by atoms with E-state index in [9.17, 15) is 22.8 Å². The van der Waals surface area contributed by atoms with E-state index in [1.165, 1.54) is 18.2 Å². The summed E-state index contributed by atoms with van der Waals surface area (Å²) in [5.41, 5.74) is -3.02. The lowest BCUT2D eigenvalue weighted by Crippen LogP contribution is -2.63. The molecule has 0 bridgehead atoms. The van der Waals surface area contributed by atoms with Crippen LogP contribution in [-0.2, 0) is 15.3 Å². The second-order valence-corrected chi connectivity index (χ2v) is 7.74. The molecule has 2 aliphatic rings. The van der Waals surface area contributed by atoms with Gasteiger partial charge in [-0.25, -0.2) is 4.98 Å². The van der Waals surface area contributed by atoms with Crippen LogP contribution in [0, 0.1) is 5.92 Å². The number of halogens is 4. The van der Waals surface area contributed by atoms with Gasteiger partial charge in [0.15, 0.2) is 0 Å². The Labute approximate surface area is 163 Å². The Morgan fingerprint density at radius 1 is 1.36 bits per heavy atom. The van der Waals surface area contributed by atoms with Gasteiger partial charge in [-0.2, -0.15) is 13.2 Å². The molecule has 2 amide bonds. The first kappa shape index (κ1) is 19.0. The summed E-state index contributed by atoms with van der Waals surface area (Å²) in [6.07, 6.45) is -0.539. The molecular formula is C18H18ClF3N4O2. The highest BCUT2D eigenvalue weighted by Gasteiger charge is 2.67. The van der Waals surface area contributed by atoms with Crippen LogP contribution in [0.5, 0.6) is 0 Å². The molecule has 150 valence electrons. The first-order valence-corrected chi connectivity index (χ1v) is 9.48. The number of alkyl halides is 3. The topological polar surface area (TPSA) is 76.0 Å². The highest BCUT2D eigenvalue weighted by molar-refractivity contribution is 6.31. The Hall–Kier alpha value is -2.29. The van der Waals surface area contributed by atoms with E-state index in [-0.39, 0.29) is 28.4 Å². The van der Waals surface area contributed by atoms with Crippen molar-refractivity contribution in [3.05, 3.63) is 23.2 Å². The van der Waals surface area contributed by atoms with Gasteiger partial charge in [-0.05, 0) is 30.5 Å². The standard InChI is InChI=1S/C18H18ClF3N4O2/c19-11-6-7-12-13(9-11)26-16(23-12)24-15(28)17(26,18(20,21)22)25-14(27)8-5-10-3-1-2-4-10/h6-7,9-10H,1-5,8H2,(H,25,27)(H,23,24,28). The summed E-state index contributed by atoms with van der Waals surface area (Å²) < 4.78 is 43.3. The largest absolute Gasteiger partial charge is 0.440 e. The maximum Gasteiger partial charge on any atom is 0.440 e. The van der Waals surface area contributed by atoms with E-state index < -0.39 is 23.7 Å². The first-order chi connectivity index (χ1) is 13.2. The lowest BCUT2D eigenvalue weighted by Gasteiger charge is -2.32. The van der Waals surface area contributed by atoms with E-state index in [4.69, 9.17) is 11.6 Å². The number of benzene rings is 1. The number of hydrogen-bond donors (Lipinski definition) is 2. The SMILES string of the molecule is O=C(CCC1CCCC1)NC1(C(F)(F)F)C(=O)Nc2nc3ccc(Cl)cc3n21. The van der Waals surface area contributed by atoms with Crippen LogP contribution in [-0.4, -0.2) is 27.5 Å². The molecule has 2 heterocycles. The number of amides is 2. The van der Waals surface area contributed by atoms with Crippen LogP contribution >= 0.6 is 11.6 Å². The van der Waals surface area contributed by atoms with Crippen molar-refractivity contribution in [1.29, 1.82) is 0 Å². The van der Waals surface area contributed by atoms with Crippen LogP contribution in [0.15, 0.2) is 18.2 Å². The second kappa shape index (κ2) is 6.65. The van der Waals surface area contributed by atoms with Gasteiger partial charge < -0.3 is 5.32 Å². The lowest BCUT2D eigenvalue weighted by atomic mass is 10.0. The number of aromatic nitrogens is 2. The number of nitrogens with one attached hydrogen (secondary N) is 2. The normalized spacial score (nSPS) is 22.5. The molecule has 1 fully saturated rings. The Balaban J connectivity index is 1.72. The molecule has 1 atom stereocenters. The Kier molecular flexibility index (Phi) is 4.52. The summed E-state index contributed by atoms with van der Waals surface area (Å²) in [6, 6.07) is 4.24. The quantitative estimate of drug-likeness (QED) is 0.795. The Morgan fingerprint density at radius 3 is 2.75 bits per heavy atom. The molecule has 1 aliphatic carbocycles. The average Bonchev–Trinajstić information content (AvgIpc) is 3.29. The fourth-order valence-corrected chi connectivity index (χ4v) is 4.27. The summed E-state index contributed by atoms with van der Waals surface area (Å²) in [6.45, 7) is 0. The predicted octanol–water partition coefficient (Wildman–Crippen LogP) is 3.94. The van der Waals surface area contributed by atoms with Crippen LogP contribution in [0.1, 0.15) is 38.5 Å². The zero-order valence-corrected chi connectivity index (χ0v) is 15.5. The molecule has 2 aromatic rings. The van der Waals surface area contributed by atoms with E-state index >= 15 is 0 Å². The van der Waals surface area contributed by atoms with Gasteiger partial charge in [0, 0.05) is 11.4 Å². The van der Waals surface area contributed by atoms with Gasteiger partial charge >= 0.3 is 6.18 Å². The molecule has 6 nitrogen and oxygen atoms in total. The minimum Gasteiger partial charge on any atom is -0.317 e. The van der Waals surface area contributed by atoms with Crippen molar-refractivity contribution in [2.75, 3.05) is 5.32 Å². The Morgan fingerprint density at radius 2 is 2.07 bits per heavy atom. The van der Waals surface area contributed by atoms with Crippen molar-refractivity contribution in [2.24, 2.45) is 5.92 Å². The van der Waals surface area contributed by atoms with Gasteiger partial charge in [0.25, 0.3) is 11.6 Å². The summed E-state index contributed by atoms with van der Waals surface area (Å²) in [5, 5.41) is 4.30. The molecule has 1 unspecified atom stereocenters. The van der Waals surface area contributed by atoms with Crippen molar-refractivity contribution >= 4 is 40.4 Å². The van der Waals surface area contributed by atoms with E-state index in [1.807, 2.05) is 5.32 Å². The number of carbonyl (C=O) groups is 2. The van der Waals surface area contributed by atoms with Gasteiger partial charge in [0.05, 0.1) is 11.0 Å². The molecule has 1 aliphatic heterocycles. The van der Waals surface area contributed by atoms with Gasteiger partial charge in [-0.15, -0.1) is 0 Å². The third-order valence-corrected chi connectivity index (χ3v) is 5.73. The minimum absolute atomic E-state index is 0.00858. The van der Waals surface area contributed by atoms with Crippen molar-refractivity contribution in [3.8, 4) is 0 Å².